The lowest BCUT2D eigenvalue weighted by molar-refractivity contribution is 0.476. The summed E-state index contributed by atoms with van der Waals surface area (Å²) >= 11 is 0. The van der Waals surface area contributed by atoms with Crippen molar-refractivity contribution in [2.45, 2.75) is 0 Å². The summed E-state index contributed by atoms with van der Waals surface area (Å²) in [5.74, 6) is 1.72. The molecule has 9 nitrogen and oxygen atoms in total. The minimum atomic E-state index is 0.550. The number of hydrogen-bond acceptors (Lipinski definition) is 5. The van der Waals surface area contributed by atoms with Crippen molar-refractivity contribution in [3.05, 3.63) is 328 Å². The minimum absolute atomic E-state index is 0.550. The molecule has 486 valence electrons. The Morgan fingerprint density at radius 1 is 0.248 bits per heavy atom. The van der Waals surface area contributed by atoms with Crippen molar-refractivity contribution < 1.29 is 13.6 Å². The largest absolute Gasteiger partial charge is 0.456 e. The number of furan rings is 2. The van der Waals surface area contributed by atoms with E-state index < -0.39 is 0 Å². The van der Waals surface area contributed by atoms with Crippen LogP contribution in [-0.2, 0) is 0 Å². The number of nitrogens with zero attached hydrogens (tertiary/aromatic N) is 6. The first-order chi connectivity index (χ1) is 52.1. The topological polar surface area (TPSA) is 81.0 Å². The van der Waals surface area contributed by atoms with Crippen LogP contribution in [-0.4, -0.2) is 28.2 Å². The average molecular weight is 1340 g/mol. The third kappa shape index (κ3) is 7.95. The summed E-state index contributed by atoms with van der Waals surface area (Å²) in [4.78, 5) is 9.81. The van der Waals surface area contributed by atoms with Gasteiger partial charge in [0.15, 0.2) is 11.5 Å². The highest BCUT2D eigenvalue weighted by Crippen LogP contribution is 2.50. The van der Waals surface area contributed by atoms with E-state index in [-0.39, 0.29) is 0 Å². The number of ether oxygens (including phenoxy) is 1. The zero-order valence-electron chi connectivity index (χ0n) is 56.1. The Kier molecular flexibility index (Phi) is 11.4. The molecule has 1 aliphatic rings. The van der Waals surface area contributed by atoms with Gasteiger partial charge in [-0.05, 0) is 200 Å². The summed E-state index contributed by atoms with van der Waals surface area (Å²) in [7, 11) is 0. The van der Waals surface area contributed by atoms with E-state index in [1.807, 2.05) is 24.5 Å². The fourth-order valence-corrected chi connectivity index (χ4v) is 17.9. The van der Waals surface area contributed by atoms with Crippen molar-refractivity contribution in [3.8, 4) is 78.8 Å². The maximum atomic E-state index is 6.76. The minimum Gasteiger partial charge on any atom is -0.456 e. The molecule has 0 saturated heterocycles. The van der Waals surface area contributed by atoms with Crippen molar-refractivity contribution in [2.24, 2.45) is 0 Å². The Bertz CT molecular complexity index is 7700. The summed E-state index contributed by atoms with van der Waals surface area (Å²) in [6, 6.07) is 115. The molecule has 0 bridgehead atoms. The number of fused-ring (bicyclic) bond motifs is 24. The van der Waals surface area contributed by atoms with Crippen LogP contribution in [0.15, 0.2) is 337 Å². The van der Waals surface area contributed by atoms with Gasteiger partial charge in [-0.25, -0.2) is 9.97 Å². The summed E-state index contributed by atoms with van der Waals surface area (Å²) in [6.07, 6.45) is 3.78. The van der Waals surface area contributed by atoms with Crippen LogP contribution in [0.3, 0.4) is 0 Å². The zero-order chi connectivity index (χ0) is 68.3. The molecular formula is C96H54N6O3. The predicted molar refractivity (Wildman–Crippen MR) is 431 cm³/mol. The molecule has 0 radical (unpaired) electrons. The van der Waals surface area contributed by atoms with Crippen LogP contribution in [0, 0.1) is 0 Å². The molecule has 24 rings (SSSR count). The van der Waals surface area contributed by atoms with E-state index in [1.165, 1.54) is 54.0 Å². The molecule has 0 aliphatic carbocycles. The third-order valence-electron chi connectivity index (χ3n) is 22.5. The van der Waals surface area contributed by atoms with E-state index in [9.17, 15) is 0 Å². The Morgan fingerprint density at radius 2 is 0.800 bits per heavy atom. The molecule has 23 aromatic rings. The van der Waals surface area contributed by atoms with Gasteiger partial charge in [0.25, 0.3) is 0 Å². The first-order valence-electron chi connectivity index (χ1n) is 35.7. The molecule has 0 N–H and O–H groups in total. The fraction of sp³-hybridized carbons (Fsp3) is 0. The number of para-hydroxylation sites is 7. The predicted octanol–water partition coefficient (Wildman–Crippen LogP) is 25.7. The van der Waals surface area contributed by atoms with E-state index in [0.717, 1.165) is 166 Å². The van der Waals surface area contributed by atoms with Gasteiger partial charge in [0.1, 0.15) is 11.2 Å². The molecular weight excluding hydrogens is 1290 g/mol. The maximum Gasteiger partial charge on any atom is 0.231 e. The highest BCUT2D eigenvalue weighted by atomic mass is 16.5. The number of hydrogen-bond donors (Lipinski definition) is 0. The normalized spacial score (nSPS) is 12.5. The standard InChI is InChI=1S/C96H54N6O3/c1-3-16-62(17-4-1)99-80-41-34-57(61-53-76-93-85(46-47-97-96(93)105-95(76)98-54-61)101-77-26-9-7-20-68(77)69-21-8-10-27-78(69)101)50-73(80)90-66-38-32-58(48-59(66)36-43-83(90)99)64-22-13-24-70-67(64)39-44-84-91(70)74-52-60(35-42-81(74)100(84)63-18-5-2-6-19-63)65-23-14-30-88-92(65)75-51-56(37-45-86(75)103-88)55-33-40-79-72(49-55)71-25-15-31-89-94(71)102(79)82-28-11-12-29-87(82)104-89/h1-54H. The molecule has 0 fully saturated rings. The van der Waals surface area contributed by atoms with Gasteiger partial charge in [-0.3, -0.25) is 0 Å². The fourth-order valence-electron chi connectivity index (χ4n) is 17.9. The van der Waals surface area contributed by atoms with Crippen LogP contribution in [0.25, 0.3) is 220 Å². The van der Waals surface area contributed by atoms with Crippen molar-refractivity contribution in [2.75, 3.05) is 0 Å². The summed E-state index contributed by atoms with van der Waals surface area (Å²) < 4.78 is 29.3. The van der Waals surface area contributed by atoms with Gasteiger partial charge in [-0.2, -0.15) is 0 Å². The van der Waals surface area contributed by atoms with Gasteiger partial charge in [0.05, 0.1) is 66.3 Å². The lowest BCUT2D eigenvalue weighted by Gasteiger charge is -2.20. The van der Waals surface area contributed by atoms with E-state index in [4.69, 9.17) is 23.5 Å². The summed E-state index contributed by atoms with van der Waals surface area (Å²) in [5.41, 5.74) is 25.0. The molecule has 8 aromatic heterocycles. The molecule has 15 aromatic carbocycles. The Hall–Kier alpha value is -14.3. The number of pyridine rings is 2. The van der Waals surface area contributed by atoms with E-state index >= 15 is 0 Å². The van der Waals surface area contributed by atoms with Crippen LogP contribution >= 0.6 is 0 Å². The SMILES string of the molecule is c1ccc(-n2c3ccc(-c4cnc5oc6nccc(-n7c8ccccc8c8ccccc87)c6c5c4)cc3c3c4ccc(-c5cccc6c5ccc5c6c6cc(-c7cccc8oc9ccc(-c%10ccc%11c(c%10)c%10cccc%12c%10n%11-c%10ccccc%10O%12)cc9c78)ccc6n5-c5ccccc5)cc4ccc32)cc1. The summed E-state index contributed by atoms with van der Waals surface area (Å²) in [5, 5.41) is 18.2. The highest BCUT2D eigenvalue weighted by molar-refractivity contribution is 6.26. The molecule has 9 heteroatoms. The second-order valence-electron chi connectivity index (χ2n) is 27.9. The van der Waals surface area contributed by atoms with Gasteiger partial charge in [0.2, 0.25) is 11.4 Å². The Morgan fingerprint density at radius 3 is 1.59 bits per heavy atom. The van der Waals surface area contributed by atoms with Crippen molar-refractivity contribution in [3.63, 3.8) is 0 Å². The first kappa shape index (κ1) is 56.5. The molecule has 105 heavy (non-hydrogen) atoms. The zero-order valence-corrected chi connectivity index (χ0v) is 56.1. The third-order valence-corrected chi connectivity index (χ3v) is 22.5. The first-order valence-corrected chi connectivity index (χ1v) is 35.7. The Balaban J connectivity index is 0.646. The molecule has 0 amide bonds. The molecule has 1 aliphatic heterocycles. The second-order valence-corrected chi connectivity index (χ2v) is 27.9. The van der Waals surface area contributed by atoms with Gasteiger partial charge in [0, 0.05) is 83.2 Å². The van der Waals surface area contributed by atoms with Gasteiger partial charge >= 0.3 is 0 Å². The quantitative estimate of drug-likeness (QED) is 0.159. The lowest BCUT2D eigenvalue weighted by Crippen LogP contribution is -2.03. The average Bonchev–Trinajstić information content (AvgIpc) is 1.57. The van der Waals surface area contributed by atoms with Gasteiger partial charge < -0.3 is 31.8 Å². The number of benzene rings is 15. The monoisotopic (exact) mass is 1340 g/mol. The van der Waals surface area contributed by atoms with Crippen LogP contribution < -0.4 is 4.74 Å². The summed E-state index contributed by atoms with van der Waals surface area (Å²) in [6.45, 7) is 0. The number of rotatable bonds is 7. The Labute approximate surface area is 597 Å². The molecule has 0 spiro atoms. The van der Waals surface area contributed by atoms with Crippen LogP contribution in [0.5, 0.6) is 11.5 Å². The second kappa shape index (κ2) is 21.2. The van der Waals surface area contributed by atoms with E-state index in [0.29, 0.717) is 11.4 Å². The van der Waals surface area contributed by atoms with E-state index in [1.54, 1.807) is 0 Å². The highest BCUT2D eigenvalue weighted by Gasteiger charge is 2.27. The molecule has 0 atom stereocenters. The van der Waals surface area contributed by atoms with Gasteiger partial charge in [-0.1, -0.05) is 176 Å². The van der Waals surface area contributed by atoms with Crippen LogP contribution in [0.1, 0.15) is 0 Å². The molecule has 0 unspecified atom stereocenters. The molecule has 9 heterocycles. The van der Waals surface area contributed by atoms with Crippen LogP contribution in [0.2, 0.25) is 0 Å². The van der Waals surface area contributed by atoms with Crippen molar-refractivity contribution in [1.29, 1.82) is 0 Å². The van der Waals surface area contributed by atoms with Crippen molar-refractivity contribution in [1.82, 2.24) is 28.2 Å². The molecule has 0 saturated carbocycles. The number of aromatic nitrogens is 6. The van der Waals surface area contributed by atoms with E-state index in [2.05, 4.69) is 322 Å². The van der Waals surface area contributed by atoms with Gasteiger partial charge in [-0.15, -0.1) is 0 Å². The maximum absolute atomic E-state index is 6.76. The lowest BCUT2D eigenvalue weighted by atomic mass is 9.92. The van der Waals surface area contributed by atoms with Crippen molar-refractivity contribution >= 4 is 153 Å². The smallest absolute Gasteiger partial charge is 0.231 e. The van der Waals surface area contributed by atoms with Crippen LogP contribution in [0.4, 0.5) is 0 Å².